The molecule has 0 aromatic carbocycles. The molecule has 2 fully saturated rings. The summed E-state index contributed by atoms with van der Waals surface area (Å²) in [5.41, 5.74) is 0. The standard InChI is InChI=1S/C15H23ClN4S.HI/c1-17-15(18-8-6-13-4-5-14(16)21-13)19-11-7-9-20(10-11)12-2-3-12;/h4-5,11-12H,2-3,6-10H2,1H3,(H2,17,18,19);1H. The van der Waals surface area contributed by atoms with Gasteiger partial charge in [0.2, 0.25) is 0 Å². The van der Waals surface area contributed by atoms with Crippen molar-refractivity contribution in [3.05, 3.63) is 21.3 Å². The van der Waals surface area contributed by atoms with Crippen molar-refractivity contribution < 1.29 is 0 Å². The van der Waals surface area contributed by atoms with Crippen LogP contribution >= 0.6 is 46.9 Å². The summed E-state index contributed by atoms with van der Waals surface area (Å²) < 4.78 is 0.860. The van der Waals surface area contributed by atoms with Gasteiger partial charge in [0.25, 0.3) is 0 Å². The Labute approximate surface area is 158 Å². The van der Waals surface area contributed by atoms with Crippen LogP contribution in [0.3, 0.4) is 0 Å². The highest BCUT2D eigenvalue weighted by atomic mass is 127. The Morgan fingerprint density at radius 2 is 2.23 bits per heavy atom. The van der Waals surface area contributed by atoms with E-state index < -0.39 is 0 Å². The molecule has 124 valence electrons. The zero-order valence-corrected chi connectivity index (χ0v) is 16.8. The number of halogens is 2. The van der Waals surface area contributed by atoms with Gasteiger partial charge in [0.15, 0.2) is 5.96 Å². The first-order chi connectivity index (χ1) is 10.2. The minimum absolute atomic E-state index is 0. The van der Waals surface area contributed by atoms with E-state index in [-0.39, 0.29) is 24.0 Å². The summed E-state index contributed by atoms with van der Waals surface area (Å²) in [5.74, 6) is 0.917. The summed E-state index contributed by atoms with van der Waals surface area (Å²) in [6.45, 7) is 3.27. The normalized spacial score (nSPS) is 22.5. The van der Waals surface area contributed by atoms with E-state index in [9.17, 15) is 0 Å². The van der Waals surface area contributed by atoms with Crippen molar-refractivity contribution in [1.82, 2.24) is 15.5 Å². The van der Waals surface area contributed by atoms with Crippen LogP contribution in [-0.4, -0.2) is 49.6 Å². The van der Waals surface area contributed by atoms with Gasteiger partial charge in [0.05, 0.1) is 4.34 Å². The number of hydrogen-bond acceptors (Lipinski definition) is 3. The molecule has 1 saturated carbocycles. The zero-order valence-electron chi connectivity index (χ0n) is 12.8. The van der Waals surface area contributed by atoms with Crippen LogP contribution < -0.4 is 10.6 Å². The fraction of sp³-hybridized carbons (Fsp3) is 0.667. The van der Waals surface area contributed by atoms with Gasteiger partial charge in [-0.25, -0.2) is 0 Å². The fourth-order valence-corrected chi connectivity index (χ4v) is 3.94. The lowest BCUT2D eigenvalue weighted by molar-refractivity contribution is 0.321. The van der Waals surface area contributed by atoms with Crippen molar-refractivity contribution in [3.63, 3.8) is 0 Å². The van der Waals surface area contributed by atoms with E-state index >= 15 is 0 Å². The molecule has 0 amide bonds. The third kappa shape index (κ3) is 5.25. The number of aliphatic imine (C=N–C) groups is 1. The van der Waals surface area contributed by atoms with Gasteiger partial charge in [-0.05, 0) is 37.8 Å². The van der Waals surface area contributed by atoms with E-state index in [1.807, 2.05) is 13.1 Å². The number of likely N-dealkylation sites (tertiary alicyclic amines) is 1. The summed E-state index contributed by atoms with van der Waals surface area (Å²) in [5, 5.41) is 6.94. The van der Waals surface area contributed by atoms with Crippen molar-refractivity contribution in [1.29, 1.82) is 0 Å². The van der Waals surface area contributed by atoms with Crippen molar-refractivity contribution in [2.24, 2.45) is 4.99 Å². The van der Waals surface area contributed by atoms with Crippen LogP contribution in [0, 0.1) is 0 Å². The molecule has 1 aromatic heterocycles. The third-order valence-corrected chi connectivity index (χ3v) is 5.43. The first kappa shape index (κ1) is 18.3. The summed E-state index contributed by atoms with van der Waals surface area (Å²) in [7, 11) is 1.84. The number of thiophene rings is 1. The highest BCUT2D eigenvalue weighted by molar-refractivity contribution is 14.0. The van der Waals surface area contributed by atoms with Crippen molar-refractivity contribution >= 4 is 52.9 Å². The Morgan fingerprint density at radius 3 is 2.86 bits per heavy atom. The summed E-state index contributed by atoms with van der Waals surface area (Å²) >= 11 is 7.59. The van der Waals surface area contributed by atoms with Crippen LogP contribution in [0.1, 0.15) is 24.1 Å². The fourth-order valence-electron chi connectivity index (χ4n) is 2.85. The second-order valence-corrected chi connectivity index (χ2v) is 7.61. The molecular formula is C15H24ClIN4S. The monoisotopic (exact) mass is 454 g/mol. The van der Waals surface area contributed by atoms with Crippen molar-refractivity contribution in [3.8, 4) is 0 Å². The molecule has 0 spiro atoms. The molecule has 0 bridgehead atoms. The SMILES string of the molecule is CN=C(NCCc1ccc(Cl)s1)NC1CCN(C2CC2)C1.I. The minimum atomic E-state index is 0. The van der Waals surface area contributed by atoms with E-state index in [0.29, 0.717) is 6.04 Å². The van der Waals surface area contributed by atoms with E-state index in [1.165, 1.54) is 30.7 Å². The van der Waals surface area contributed by atoms with Crippen LogP contribution in [-0.2, 0) is 6.42 Å². The quantitative estimate of drug-likeness (QED) is 0.408. The number of guanidine groups is 1. The summed E-state index contributed by atoms with van der Waals surface area (Å²) in [6, 6.07) is 5.46. The molecule has 1 aromatic rings. The van der Waals surface area contributed by atoms with E-state index in [4.69, 9.17) is 11.6 Å². The smallest absolute Gasteiger partial charge is 0.191 e. The number of nitrogens with zero attached hydrogens (tertiary/aromatic N) is 2. The van der Waals surface area contributed by atoms with Gasteiger partial charge in [0.1, 0.15) is 0 Å². The predicted molar refractivity (Wildman–Crippen MR) is 106 cm³/mol. The lowest BCUT2D eigenvalue weighted by Gasteiger charge is -2.18. The molecule has 2 N–H and O–H groups in total. The van der Waals surface area contributed by atoms with Crippen molar-refractivity contribution in [2.45, 2.75) is 37.8 Å². The van der Waals surface area contributed by atoms with E-state index in [2.05, 4.69) is 26.6 Å². The molecule has 7 heteroatoms. The molecule has 1 aliphatic heterocycles. The van der Waals surface area contributed by atoms with E-state index in [0.717, 1.165) is 35.8 Å². The molecule has 22 heavy (non-hydrogen) atoms. The molecule has 2 aliphatic rings. The highest BCUT2D eigenvalue weighted by Crippen LogP contribution is 2.29. The van der Waals surface area contributed by atoms with Crippen LogP contribution in [0.25, 0.3) is 0 Å². The molecule has 1 saturated heterocycles. The Kier molecular flexibility index (Phi) is 7.24. The highest BCUT2D eigenvalue weighted by Gasteiger charge is 2.34. The van der Waals surface area contributed by atoms with Gasteiger partial charge in [-0.2, -0.15) is 0 Å². The Balaban J connectivity index is 0.00000176. The lowest BCUT2D eigenvalue weighted by Crippen LogP contribution is -2.45. The maximum absolute atomic E-state index is 5.94. The Hall–Kier alpha value is -0.0500. The van der Waals surface area contributed by atoms with Gasteiger partial charge in [0, 0.05) is 43.6 Å². The first-order valence-electron chi connectivity index (χ1n) is 7.70. The molecule has 0 radical (unpaired) electrons. The third-order valence-electron chi connectivity index (χ3n) is 4.14. The van der Waals surface area contributed by atoms with Gasteiger partial charge < -0.3 is 10.6 Å². The minimum Gasteiger partial charge on any atom is -0.356 e. The predicted octanol–water partition coefficient (Wildman–Crippen LogP) is 2.96. The second kappa shape index (κ2) is 8.70. The molecular weight excluding hydrogens is 431 g/mol. The first-order valence-corrected chi connectivity index (χ1v) is 8.89. The number of hydrogen-bond donors (Lipinski definition) is 2. The lowest BCUT2D eigenvalue weighted by atomic mass is 10.3. The van der Waals surface area contributed by atoms with Crippen LogP contribution in [0.15, 0.2) is 17.1 Å². The van der Waals surface area contributed by atoms with Crippen LogP contribution in [0.2, 0.25) is 4.34 Å². The topological polar surface area (TPSA) is 39.7 Å². The van der Waals surface area contributed by atoms with Gasteiger partial charge in [-0.1, -0.05) is 11.6 Å². The second-order valence-electron chi connectivity index (χ2n) is 5.81. The zero-order chi connectivity index (χ0) is 14.7. The van der Waals surface area contributed by atoms with Gasteiger partial charge >= 0.3 is 0 Å². The van der Waals surface area contributed by atoms with Gasteiger partial charge in [-0.15, -0.1) is 35.3 Å². The average Bonchev–Trinajstić information content (AvgIpc) is 3.09. The maximum Gasteiger partial charge on any atom is 0.191 e. The molecule has 1 unspecified atom stereocenters. The number of rotatable bonds is 5. The van der Waals surface area contributed by atoms with E-state index in [1.54, 1.807) is 11.3 Å². The van der Waals surface area contributed by atoms with Crippen molar-refractivity contribution in [2.75, 3.05) is 26.7 Å². The van der Waals surface area contributed by atoms with Crippen LogP contribution in [0.5, 0.6) is 0 Å². The van der Waals surface area contributed by atoms with Crippen LogP contribution in [0.4, 0.5) is 0 Å². The maximum atomic E-state index is 5.94. The largest absolute Gasteiger partial charge is 0.356 e. The molecule has 1 aliphatic carbocycles. The Morgan fingerprint density at radius 1 is 1.41 bits per heavy atom. The van der Waals surface area contributed by atoms with Gasteiger partial charge in [-0.3, -0.25) is 9.89 Å². The molecule has 3 rings (SSSR count). The molecule has 2 heterocycles. The average molecular weight is 455 g/mol. The Bertz CT molecular complexity index is 503. The molecule has 1 atom stereocenters. The number of nitrogens with one attached hydrogen (secondary N) is 2. The summed E-state index contributed by atoms with van der Waals surface area (Å²) in [4.78, 5) is 8.25. The summed E-state index contributed by atoms with van der Waals surface area (Å²) in [6.07, 6.45) is 4.99. The molecule has 4 nitrogen and oxygen atoms in total.